The van der Waals surface area contributed by atoms with Crippen LogP contribution in [0.2, 0.25) is 0 Å². The summed E-state index contributed by atoms with van der Waals surface area (Å²) in [7, 11) is 3.15. The molecule has 2 amide bonds. The second kappa shape index (κ2) is 13.8. The number of para-hydroxylation sites is 2. The average Bonchev–Trinajstić information content (AvgIpc) is 3.31. The molecule has 1 N–H and O–H groups in total. The van der Waals surface area contributed by atoms with Crippen LogP contribution in [-0.4, -0.2) is 42.7 Å². The van der Waals surface area contributed by atoms with Gasteiger partial charge in [-0.2, -0.15) is 0 Å². The fraction of sp³-hybridized carbons (Fsp3) is 0.147. The maximum absolute atomic E-state index is 13.8. The summed E-state index contributed by atoms with van der Waals surface area (Å²) in [6.45, 7) is 2.07. The van der Waals surface area contributed by atoms with Gasteiger partial charge in [0.25, 0.3) is 11.8 Å². The van der Waals surface area contributed by atoms with Crippen molar-refractivity contribution < 1.29 is 23.8 Å². The van der Waals surface area contributed by atoms with Crippen LogP contribution in [0.4, 0.5) is 11.4 Å². The Morgan fingerprint density at radius 3 is 2.35 bits per heavy atom. The molecule has 1 aliphatic rings. The third kappa shape index (κ3) is 7.44. The van der Waals surface area contributed by atoms with Crippen LogP contribution >= 0.6 is 11.8 Å². The van der Waals surface area contributed by atoms with Crippen molar-refractivity contribution in [3.63, 3.8) is 0 Å². The molecule has 4 aromatic rings. The highest BCUT2D eigenvalue weighted by Crippen LogP contribution is 2.39. The van der Waals surface area contributed by atoms with Crippen LogP contribution in [0.15, 0.2) is 107 Å². The van der Waals surface area contributed by atoms with Crippen LogP contribution in [0.3, 0.4) is 0 Å². The molecule has 0 atom stereocenters. The standard InChI is InChI=1S/C34H31N3O5S/c1-23-12-16-27(17-13-23)35-31(38)22-42-32-25(8-7-11-29(32)41-3)20-30-33(39)37(21-24-14-18-28(40-2)19-15-24)34(43-30)36-26-9-5-4-6-10-26/h4-20H,21-22H2,1-3H3,(H,35,38)/b30-20-,36-34?. The van der Waals surface area contributed by atoms with Gasteiger partial charge < -0.3 is 19.5 Å². The van der Waals surface area contributed by atoms with Gasteiger partial charge in [-0.1, -0.05) is 60.2 Å². The summed E-state index contributed by atoms with van der Waals surface area (Å²) in [5.74, 6) is 1.04. The maximum atomic E-state index is 13.8. The van der Waals surface area contributed by atoms with Crippen LogP contribution < -0.4 is 19.5 Å². The molecule has 0 unspecified atom stereocenters. The Bertz CT molecular complexity index is 1650. The first-order valence-corrected chi connectivity index (χ1v) is 14.4. The quantitative estimate of drug-likeness (QED) is 0.203. The molecule has 0 aliphatic carbocycles. The molecule has 5 rings (SSSR count). The topological polar surface area (TPSA) is 89.5 Å². The molecule has 0 bridgehead atoms. The van der Waals surface area contributed by atoms with E-state index in [0.29, 0.717) is 39.4 Å². The number of aryl methyl sites for hydroxylation is 1. The summed E-state index contributed by atoms with van der Waals surface area (Å²) in [5, 5.41) is 3.39. The van der Waals surface area contributed by atoms with E-state index in [1.165, 1.54) is 18.9 Å². The molecular weight excluding hydrogens is 562 g/mol. The largest absolute Gasteiger partial charge is 0.497 e. The van der Waals surface area contributed by atoms with E-state index in [4.69, 9.17) is 19.2 Å². The van der Waals surface area contributed by atoms with Crippen molar-refractivity contribution in [2.45, 2.75) is 13.5 Å². The third-order valence-corrected chi connectivity index (χ3v) is 7.57. The number of nitrogens with one attached hydrogen (secondary N) is 1. The monoisotopic (exact) mass is 593 g/mol. The number of methoxy groups -OCH3 is 2. The number of anilines is 1. The van der Waals surface area contributed by atoms with Gasteiger partial charge >= 0.3 is 0 Å². The Balaban J connectivity index is 1.41. The smallest absolute Gasteiger partial charge is 0.267 e. The van der Waals surface area contributed by atoms with Gasteiger partial charge in [0.1, 0.15) is 5.75 Å². The molecule has 4 aromatic carbocycles. The highest BCUT2D eigenvalue weighted by Gasteiger charge is 2.34. The minimum atomic E-state index is -0.317. The molecule has 218 valence electrons. The Kier molecular flexibility index (Phi) is 9.43. The van der Waals surface area contributed by atoms with Crippen LogP contribution in [0.1, 0.15) is 16.7 Å². The summed E-state index contributed by atoms with van der Waals surface area (Å²) in [4.78, 5) is 33.4. The number of benzene rings is 4. The van der Waals surface area contributed by atoms with Crippen LogP contribution in [0.25, 0.3) is 6.08 Å². The van der Waals surface area contributed by atoms with E-state index < -0.39 is 0 Å². The predicted octanol–water partition coefficient (Wildman–Crippen LogP) is 6.83. The summed E-state index contributed by atoms with van der Waals surface area (Å²) < 4.78 is 16.8. The third-order valence-electron chi connectivity index (χ3n) is 6.57. The lowest BCUT2D eigenvalue weighted by molar-refractivity contribution is -0.122. The Morgan fingerprint density at radius 2 is 1.65 bits per heavy atom. The number of rotatable bonds is 10. The van der Waals surface area contributed by atoms with E-state index in [1.807, 2.05) is 97.9 Å². The van der Waals surface area contributed by atoms with Gasteiger partial charge in [-0.05, 0) is 72.8 Å². The first-order valence-electron chi connectivity index (χ1n) is 13.6. The van der Waals surface area contributed by atoms with Crippen molar-refractivity contribution in [1.29, 1.82) is 0 Å². The molecule has 0 spiro atoms. The first kappa shape index (κ1) is 29.5. The van der Waals surface area contributed by atoms with Crippen LogP contribution in [0, 0.1) is 6.92 Å². The number of nitrogens with zero attached hydrogens (tertiary/aromatic N) is 2. The highest BCUT2D eigenvalue weighted by molar-refractivity contribution is 8.18. The van der Waals surface area contributed by atoms with Gasteiger partial charge in [0.15, 0.2) is 23.3 Å². The molecule has 0 aromatic heterocycles. The molecule has 1 heterocycles. The number of carbonyl (C=O) groups is 2. The summed E-state index contributed by atoms with van der Waals surface area (Å²) in [5.41, 5.74) is 4.05. The lowest BCUT2D eigenvalue weighted by Gasteiger charge is -2.16. The molecule has 0 radical (unpaired) electrons. The summed E-state index contributed by atoms with van der Waals surface area (Å²) in [6.07, 6.45) is 1.75. The average molecular weight is 594 g/mol. The number of carbonyl (C=O) groups excluding carboxylic acids is 2. The molecule has 43 heavy (non-hydrogen) atoms. The zero-order valence-corrected chi connectivity index (χ0v) is 24.9. The van der Waals surface area contributed by atoms with E-state index in [0.717, 1.165) is 22.6 Å². The number of hydrogen-bond donors (Lipinski definition) is 1. The Labute approximate surface area is 255 Å². The molecule has 1 fully saturated rings. The van der Waals surface area contributed by atoms with Gasteiger partial charge in [-0.15, -0.1) is 0 Å². The normalized spacial score (nSPS) is 14.7. The zero-order chi connectivity index (χ0) is 30.2. The summed E-state index contributed by atoms with van der Waals surface area (Å²) >= 11 is 1.28. The van der Waals surface area contributed by atoms with Crippen molar-refractivity contribution >= 4 is 46.2 Å². The van der Waals surface area contributed by atoms with Gasteiger partial charge in [0.05, 0.1) is 31.4 Å². The van der Waals surface area contributed by atoms with Gasteiger partial charge in [-0.25, -0.2) is 4.99 Å². The Hall–Kier alpha value is -5.02. The SMILES string of the molecule is COc1ccc(CN2C(=O)/C(=C/c3cccc(OC)c3OCC(=O)Nc3ccc(C)cc3)SC2=Nc2ccccc2)cc1. The summed E-state index contributed by atoms with van der Waals surface area (Å²) in [6, 6.07) is 30.0. The number of aliphatic imine (C=N–C) groups is 1. The first-order chi connectivity index (χ1) is 20.9. The van der Waals surface area contributed by atoms with Crippen molar-refractivity contribution in [2.75, 3.05) is 26.1 Å². The molecule has 0 saturated carbocycles. The molecule has 9 heteroatoms. The highest BCUT2D eigenvalue weighted by atomic mass is 32.2. The molecule has 1 aliphatic heterocycles. The van der Waals surface area contributed by atoms with E-state index in [-0.39, 0.29) is 18.4 Å². The molecule has 1 saturated heterocycles. The Morgan fingerprint density at radius 1 is 0.907 bits per heavy atom. The maximum Gasteiger partial charge on any atom is 0.267 e. The van der Waals surface area contributed by atoms with E-state index in [2.05, 4.69) is 5.32 Å². The number of amides is 2. The number of thioether (sulfide) groups is 1. The predicted molar refractivity (Wildman–Crippen MR) is 171 cm³/mol. The van der Waals surface area contributed by atoms with Crippen molar-refractivity contribution in [1.82, 2.24) is 4.90 Å². The number of hydrogen-bond acceptors (Lipinski definition) is 7. The molecule has 8 nitrogen and oxygen atoms in total. The van der Waals surface area contributed by atoms with Gasteiger partial charge in [0, 0.05) is 11.3 Å². The fourth-order valence-corrected chi connectivity index (χ4v) is 5.32. The second-order valence-corrected chi connectivity index (χ2v) is 10.7. The number of ether oxygens (including phenoxy) is 3. The molecular formula is C34H31N3O5S. The van der Waals surface area contributed by atoms with E-state index >= 15 is 0 Å². The fourth-order valence-electron chi connectivity index (χ4n) is 4.33. The minimum absolute atomic E-state index is 0.193. The zero-order valence-electron chi connectivity index (χ0n) is 24.1. The van der Waals surface area contributed by atoms with Gasteiger partial charge in [0.2, 0.25) is 0 Å². The van der Waals surface area contributed by atoms with Crippen molar-refractivity contribution in [3.05, 3.63) is 119 Å². The van der Waals surface area contributed by atoms with Crippen molar-refractivity contribution in [3.8, 4) is 17.2 Å². The van der Waals surface area contributed by atoms with Gasteiger partial charge in [-0.3, -0.25) is 14.5 Å². The van der Waals surface area contributed by atoms with Crippen LogP contribution in [-0.2, 0) is 16.1 Å². The minimum Gasteiger partial charge on any atom is -0.497 e. The second-order valence-electron chi connectivity index (χ2n) is 9.66. The lowest BCUT2D eigenvalue weighted by Crippen LogP contribution is -2.28. The van der Waals surface area contributed by atoms with E-state index in [9.17, 15) is 9.59 Å². The van der Waals surface area contributed by atoms with E-state index in [1.54, 1.807) is 24.2 Å². The lowest BCUT2D eigenvalue weighted by atomic mass is 10.1. The number of amidine groups is 1. The van der Waals surface area contributed by atoms with Crippen LogP contribution in [0.5, 0.6) is 17.2 Å². The van der Waals surface area contributed by atoms with Crippen molar-refractivity contribution in [2.24, 2.45) is 4.99 Å².